The molecule has 0 atom stereocenters. The molecular weight excluding hydrogens is 304 g/mol. The van der Waals surface area contributed by atoms with E-state index >= 15 is 0 Å². The third kappa shape index (κ3) is 7.31. The third-order valence-corrected chi connectivity index (χ3v) is 3.08. The minimum absolute atomic E-state index is 0.0635. The van der Waals surface area contributed by atoms with Gasteiger partial charge in [-0.1, -0.05) is 32.4 Å². The van der Waals surface area contributed by atoms with E-state index in [0.29, 0.717) is 30.5 Å². The maximum Gasteiger partial charge on any atom is 0.225 e. The molecule has 1 aromatic rings. The number of benzene rings is 1. The van der Waals surface area contributed by atoms with Crippen molar-refractivity contribution in [2.24, 2.45) is 5.41 Å². The Kier molecular flexibility index (Phi) is 7.18. The van der Waals surface area contributed by atoms with E-state index in [9.17, 15) is 9.59 Å². The van der Waals surface area contributed by atoms with Crippen LogP contribution in [0.4, 0.5) is 0 Å². The molecule has 22 heavy (non-hydrogen) atoms. The molecule has 0 saturated heterocycles. The van der Waals surface area contributed by atoms with E-state index in [-0.39, 0.29) is 18.2 Å². The second kappa shape index (κ2) is 8.63. The standard InChI is InChI=1S/C16H23ClN2O3/c1-16(2,3)15(21)19-9-8-14(20)18-10-11-22-13-6-4-12(17)5-7-13/h4-7H,8-11H2,1-3H3,(H,18,20)(H,19,21). The second-order valence-corrected chi connectivity index (χ2v) is 6.34. The van der Waals surface area contributed by atoms with E-state index in [4.69, 9.17) is 16.3 Å². The zero-order valence-electron chi connectivity index (χ0n) is 13.2. The Bertz CT molecular complexity index is 495. The molecule has 0 bridgehead atoms. The summed E-state index contributed by atoms with van der Waals surface area (Å²) < 4.78 is 5.46. The minimum atomic E-state index is -0.442. The summed E-state index contributed by atoms with van der Waals surface area (Å²) >= 11 is 5.77. The first kappa shape index (κ1) is 18.3. The van der Waals surface area contributed by atoms with Crippen molar-refractivity contribution in [2.45, 2.75) is 27.2 Å². The van der Waals surface area contributed by atoms with Gasteiger partial charge in [0.15, 0.2) is 0 Å². The van der Waals surface area contributed by atoms with Crippen molar-refractivity contribution in [1.82, 2.24) is 10.6 Å². The van der Waals surface area contributed by atoms with Gasteiger partial charge in [0.05, 0.1) is 6.54 Å². The molecule has 1 aromatic carbocycles. The minimum Gasteiger partial charge on any atom is -0.492 e. The van der Waals surface area contributed by atoms with E-state index in [1.54, 1.807) is 24.3 Å². The first-order chi connectivity index (χ1) is 10.3. The van der Waals surface area contributed by atoms with Gasteiger partial charge in [0.1, 0.15) is 12.4 Å². The number of carbonyl (C=O) groups excluding carboxylic acids is 2. The Balaban J connectivity index is 2.11. The fraction of sp³-hybridized carbons (Fsp3) is 0.500. The van der Waals surface area contributed by atoms with Crippen LogP contribution in [0.1, 0.15) is 27.2 Å². The number of rotatable bonds is 7. The van der Waals surface area contributed by atoms with Gasteiger partial charge in [-0.05, 0) is 24.3 Å². The van der Waals surface area contributed by atoms with E-state index in [2.05, 4.69) is 10.6 Å². The van der Waals surface area contributed by atoms with Crippen LogP contribution in [0.25, 0.3) is 0 Å². The Hall–Kier alpha value is -1.75. The van der Waals surface area contributed by atoms with Crippen LogP contribution in [-0.2, 0) is 9.59 Å². The smallest absolute Gasteiger partial charge is 0.225 e. The summed E-state index contributed by atoms with van der Waals surface area (Å²) in [7, 11) is 0. The Morgan fingerprint density at radius 2 is 1.73 bits per heavy atom. The zero-order chi connectivity index (χ0) is 16.6. The van der Waals surface area contributed by atoms with Crippen LogP contribution < -0.4 is 15.4 Å². The lowest BCUT2D eigenvalue weighted by Crippen LogP contribution is -2.37. The van der Waals surface area contributed by atoms with Gasteiger partial charge in [-0.15, -0.1) is 0 Å². The average Bonchev–Trinajstić information content (AvgIpc) is 2.44. The highest BCUT2D eigenvalue weighted by atomic mass is 35.5. The summed E-state index contributed by atoms with van der Waals surface area (Å²) in [5.41, 5.74) is -0.442. The van der Waals surface area contributed by atoms with E-state index in [0.717, 1.165) is 0 Å². The lowest BCUT2D eigenvalue weighted by atomic mass is 9.96. The van der Waals surface area contributed by atoms with Crippen LogP contribution in [0.2, 0.25) is 5.02 Å². The normalized spacial score (nSPS) is 10.9. The molecule has 5 nitrogen and oxygen atoms in total. The highest BCUT2D eigenvalue weighted by Gasteiger charge is 2.20. The number of amides is 2. The average molecular weight is 327 g/mol. The van der Waals surface area contributed by atoms with Gasteiger partial charge < -0.3 is 15.4 Å². The van der Waals surface area contributed by atoms with Gasteiger partial charge in [-0.3, -0.25) is 9.59 Å². The molecule has 2 N–H and O–H groups in total. The van der Waals surface area contributed by atoms with Crippen LogP contribution in [-0.4, -0.2) is 31.5 Å². The first-order valence-corrected chi connectivity index (χ1v) is 7.60. The van der Waals surface area contributed by atoms with Crippen molar-refractivity contribution in [2.75, 3.05) is 19.7 Å². The number of halogens is 1. The molecule has 0 aromatic heterocycles. The van der Waals surface area contributed by atoms with E-state index < -0.39 is 5.41 Å². The van der Waals surface area contributed by atoms with Gasteiger partial charge in [-0.25, -0.2) is 0 Å². The molecule has 122 valence electrons. The molecule has 0 saturated carbocycles. The predicted molar refractivity (Wildman–Crippen MR) is 87.0 cm³/mol. The van der Waals surface area contributed by atoms with Crippen molar-refractivity contribution < 1.29 is 14.3 Å². The molecular formula is C16H23ClN2O3. The number of carbonyl (C=O) groups is 2. The summed E-state index contributed by atoms with van der Waals surface area (Å²) in [4.78, 5) is 23.2. The zero-order valence-corrected chi connectivity index (χ0v) is 14.0. The topological polar surface area (TPSA) is 67.4 Å². The molecule has 0 fully saturated rings. The molecule has 0 aliphatic carbocycles. The lowest BCUT2D eigenvalue weighted by molar-refractivity contribution is -0.128. The van der Waals surface area contributed by atoms with Gasteiger partial charge in [0.2, 0.25) is 11.8 Å². The van der Waals surface area contributed by atoms with Crippen molar-refractivity contribution in [3.63, 3.8) is 0 Å². The van der Waals surface area contributed by atoms with Crippen molar-refractivity contribution in [3.05, 3.63) is 29.3 Å². The van der Waals surface area contributed by atoms with Crippen LogP contribution >= 0.6 is 11.6 Å². The summed E-state index contributed by atoms with van der Waals surface area (Å²) in [6, 6.07) is 7.03. The number of hydrogen-bond acceptors (Lipinski definition) is 3. The number of ether oxygens (including phenoxy) is 1. The van der Waals surface area contributed by atoms with Crippen molar-refractivity contribution >= 4 is 23.4 Å². The second-order valence-electron chi connectivity index (χ2n) is 5.91. The summed E-state index contributed by atoms with van der Waals surface area (Å²) in [6.07, 6.45) is 0.253. The van der Waals surface area contributed by atoms with Gasteiger partial charge in [0, 0.05) is 23.4 Å². The Morgan fingerprint density at radius 3 is 2.32 bits per heavy atom. The van der Waals surface area contributed by atoms with Crippen LogP contribution in [0.15, 0.2) is 24.3 Å². The van der Waals surface area contributed by atoms with Crippen LogP contribution in [0, 0.1) is 5.41 Å². The van der Waals surface area contributed by atoms with Crippen LogP contribution in [0.3, 0.4) is 0 Å². The quantitative estimate of drug-likeness (QED) is 0.756. The molecule has 1 rings (SSSR count). The molecule has 2 amide bonds. The van der Waals surface area contributed by atoms with Gasteiger partial charge in [-0.2, -0.15) is 0 Å². The lowest BCUT2D eigenvalue weighted by Gasteiger charge is -2.17. The summed E-state index contributed by atoms with van der Waals surface area (Å²) in [5, 5.41) is 6.12. The fourth-order valence-corrected chi connectivity index (χ4v) is 1.66. The maximum atomic E-state index is 11.6. The summed E-state index contributed by atoms with van der Waals surface area (Å²) in [6.45, 7) is 6.61. The Morgan fingerprint density at radius 1 is 1.09 bits per heavy atom. The first-order valence-electron chi connectivity index (χ1n) is 7.22. The molecule has 0 heterocycles. The highest BCUT2D eigenvalue weighted by molar-refractivity contribution is 6.30. The van der Waals surface area contributed by atoms with Crippen molar-refractivity contribution in [1.29, 1.82) is 0 Å². The van der Waals surface area contributed by atoms with Gasteiger partial charge >= 0.3 is 0 Å². The monoisotopic (exact) mass is 326 g/mol. The highest BCUT2D eigenvalue weighted by Crippen LogP contribution is 2.15. The SMILES string of the molecule is CC(C)(C)C(=O)NCCC(=O)NCCOc1ccc(Cl)cc1. The number of nitrogens with one attached hydrogen (secondary N) is 2. The summed E-state index contributed by atoms with van der Waals surface area (Å²) in [5.74, 6) is 0.524. The molecule has 6 heteroatoms. The van der Waals surface area contributed by atoms with E-state index in [1.165, 1.54) is 0 Å². The fourth-order valence-electron chi connectivity index (χ4n) is 1.53. The third-order valence-electron chi connectivity index (χ3n) is 2.83. The Labute approximate surface area is 136 Å². The largest absolute Gasteiger partial charge is 0.492 e. The van der Waals surface area contributed by atoms with E-state index in [1.807, 2.05) is 20.8 Å². The molecule has 0 aliphatic heterocycles. The number of hydrogen-bond donors (Lipinski definition) is 2. The predicted octanol–water partition coefficient (Wildman–Crippen LogP) is 2.39. The van der Waals surface area contributed by atoms with Crippen molar-refractivity contribution in [3.8, 4) is 5.75 Å². The molecule has 0 radical (unpaired) electrons. The maximum absolute atomic E-state index is 11.6. The molecule has 0 unspecified atom stereocenters. The van der Waals surface area contributed by atoms with Gasteiger partial charge in [0.25, 0.3) is 0 Å². The molecule has 0 spiro atoms. The molecule has 0 aliphatic rings. The van der Waals surface area contributed by atoms with Crippen LogP contribution in [0.5, 0.6) is 5.75 Å².